The third kappa shape index (κ3) is 3.45. The van der Waals surface area contributed by atoms with Crippen molar-refractivity contribution in [2.75, 3.05) is 6.54 Å². The normalized spacial score (nSPS) is 17.1. The Kier molecular flexibility index (Phi) is 5.01. The smallest absolute Gasteiger partial charge is 0.269 e. The van der Waals surface area contributed by atoms with Crippen molar-refractivity contribution in [1.29, 1.82) is 0 Å². The summed E-state index contributed by atoms with van der Waals surface area (Å²) in [5, 5.41) is 11.3. The van der Waals surface area contributed by atoms with Gasteiger partial charge in [0.2, 0.25) is 0 Å². The maximum Gasteiger partial charge on any atom is 0.269 e. The number of aryl methyl sites for hydroxylation is 2. The highest BCUT2D eigenvalue weighted by atomic mass is 16.6. The van der Waals surface area contributed by atoms with E-state index in [0.717, 1.165) is 31.6 Å². The average molecular weight is 375 g/mol. The molecular weight excluding hydrogens is 350 g/mol. The highest BCUT2D eigenvalue weighted by Crippen LogP contribution is 2.34. The number of aromatic nitrogens is 1. The lowest BCUT2D eigenvalue weighted by atomic mass is 9.98. The van der Waals surface area contributed by atoms with Gasteiger partial charge in [-0.15, -0.1) is 0 Å². The second-order valence-corrected chi connectivity index (χ2v) is 7.56. The maximum atomic E-state index is 11.3. The van der Waals surface area contributed by atoms with Crippen molar-refractivity contribution in [2.24, 2.45) is 0 Å². The number of benzene rings is 2. The SMILES string of the molecule is Cc1cccc(CN2CCCn3cccc3[C@@H]2c2cccc([N+](=O)[O-])c2)c1C. The summed E-state index contributed by atoms with van der Waals surface area (Å²) in [5.74, 6) is 0. The van der Waals surface area contributed by atoms with E-state index in [1.165, 1.54) is 22.4 Å². The molecule has 0 amide bonds. The van der Waals surface area contributed by atoms with Gasteiger partial charge >= 0.3 is 0 Å². The fourth-order valence-electron chi connectivity index (χ4n) is 4.20. The minimum Gasteiger partial charge on any atom is -0.350 e. The minimum atomic E-state index is -0.311. The van der Waals surface area contributed by atoms with Gasteiger partial charge in [-0.1, -0.05) is 30.3 Å². The van der Waals surface area contributed by atoms with Gasteiger partial charge in [-0.2, -0.15) is 0 Å². The Morgan fingerprint density at radius 1 is 1.07 bits per heavy atom. The van der Waals surface area contributed by atoms with Gasteiger partial charge in [-0.05, 0) is 54.7 Å². The van der Waals surface area contributed by atoms with Gasteiger partial charge in [-0.25, -0.2) is 0 Å². The molecule has 3 aromatic rings. The molecule has 0 radical (unpaired) electrons. The van der Waals surface area contributed by atoms with Gasteiger partial charge in [0, 0.05) is 43.7 Å². The van der Waals surface area contributed by atoms with E-state index < -0.39 is 0 Å². The predicted molar refractivity (Wildman–Crippen MR) is 110 cm³/mol. The summed E-state index contributed by atoms with van der Waals surface area (Å²) in [6.07, 6.45) is 3.17. The molecule has 28 heavy (non-hydrogen) atoms. The molecule has 0 N–H and O–H groups in total. The highest BCUT2D eigenvalue weighted by Gasteiger charge is 2.28. The molecule has 4 rings (SSSR count). The van der Waals surface area contributed by atoms with Crippen LogP contribution in [0.3, 0.4) is 0 Å². The summed E-state index contributed by atoms with van der Waals surface area (Å²) in [6, 6.07) is 17.8. The Morgan fingerprint density at radius 3 is 2.71 bits per heavy atom. The summed E-state index contributed by atoms with van der Waals surface area (Å²) in [4.78, 5) is 13.5. The molecule has 1 aromatic heterocycles. The van der Waals surface area contributed by atoms with Crippen LogP contribution < -0.4 is 0 Å². The highest BCUT2D eigenvalue weighted by molar-refractivity contribution is 5.40. The molecule has 5 heteroatoms. The van der Waals surface area contributed by atoms with Crippen LogP contribution in [0.15, 0.2) is 60.8 Å². The fourth-order valence-corrected chi connectivity index (χ4v) is 4.20. The van der Waals surface area contributed by atoms with Crippen molar-refractivity contribution in [3.8, 4) is 0 Å². The number of rotatable bonds is 4. The Balaban J connectivity index is 1.78. The molecule has 0 bridgehead atoms. The van der Waals surface area contributed by atoms with Gasteiger partial charge in [0.1, 0.15) is 0 Å². The molecule has 0 saturated heterocycles. The fraction of sp³-hybridized carbons (Fsp3) is 0.304. The molecule has 0 spiro atoms. The summed E-state index contributed by atoms with van der Waals surface area (Å²) in [7, 11) is 0. The van der Waals surface area contributed by atoms with E-state index in [4.69, 9.17) is 0 Å². The average Bonchev–Trinajstić information content (AvgIpc) is 3.07. The lowest BCUT2D eigenvalue weighted by Crippen LogP contribution is -2.30. The summed E-state index contributed by atoms with van der Waals surface area (Å²) < 4.78 is 2.28. The van der Waals surface area contributed by atoms with E-state index >= 15 is 0 Å². The van der Waals surface area contributed by atoms with Crippen molar-refractivity contribution >= 4 is 5.69 Å². The lowest BCUT2D eigenvalue weighted by Gasteiger charge is -2.31. The van der Waals surface area contributed by atoms with E-state index in [1.54, 1.807) is 18.2 Å². The van der Waals surface area contributed by atoms with E-state index in [9.17, 15) is 10.1 Å². The van der Waals surface area contributed by atoms with Crippen molar-refractivity contribution < 1.29 is 4.92 Å². The Labute approximate surface area is 165 Å². The first-order valence-corrected chi connectivity index (χ1v) is 9.73. The number of non-ortho nitro benzene ring substituents is 1. The van der Waals surface area contributed by atoms with Crippen molar-refractivity contribution in [3.63, 3.8) is 0 Å². The monoisotopic (exact) mass is 375 g/mol. The second-order valence-electron chi connectivity index (χ2n) is 7.56. The van der Waals surface area contributed by atoms with Crippen LogP contribution in [0.1, 0.15) is 40.4 Å². The van der Waals surface area contributed by atoms with Crippen LogP contribution in [-0.4, -0.2) is 20.9 Å². The lowest BCUT2D eigenvalue weighted by molar-refractivity contribution is -0.384. The molecule has 2 aromatic carbocycles. The zero-order valence-electron chi connectivity index (χ0n) is 16.3. The molecule has 5 nitrogen and oxygen atoms in total. The van der Waals surface area contributed by atoms with Crippen LogP contribution in [0.25, 0.3) is 0 Å². The van der Waals surface area contributed by atoms with Crippen molar-refractivity contribution in [1.82, 2.24) is 9.47 Å². The van der Waals surface area contributed by atoms with Gasteiger partial charge in [0.05, 0.1) is 11.0 Å². The Hall–Kier alpha value is -2.92. The number of fused-ring (bicyclic) bond motifs is 1. The molecule has 1 aliphatic rings. The first-order chi connectivity index (χ1) is 13.5. The summed E-state index contributed by atoms with van der Waals surface area (Å²) in [6.45, 7) is 7.06. The molecule has 0 fully saturated rings. The van der Waals surface area contributed by atoms with E-state index in [1.807, 2.05) is 6.07 Å². The van der Waals surface area contributed by atoms with Gasteiger partial charge in [0.25, 0.3) is 5.69 Å². The quantitative estimate of drug-likeness (QED) is 0.476. The third-order valence-electron chi connectivity index (χ3n) is 5.84. The topological polar surface area (TPSA) is 51.3 Å². The first kappa shape index (κ1) is 18.4. The van der Waals surface area contributed by atoms with Crippen LogP contribution in [0, 0.1) is 24.0 Å². The standard InChI is InChI=1S/C23H25N3O2/c1-17-7-3-9-20(18(17)2)16-25-14-6-13-24-12-5-11-22(24)23(25)19-8-4-10-21(15-19)26(27)28/h3-5,7-12,15,23H,6,13-14,16H2,1-2H3/t23-/m0/s1. The molecule has 0 unspecified atom stereocenters. The van der Waals surface area contributed by atoms with Crippen LogP contribution in [0.4, 0.5) is 5.69 Å². The van der Waals surface area contributed by atoms with Gasteiger partial charge in [-0.3, -0.25) is 15.0 Å². The first-order valence-electron chi connectivity index (χ1n) is 9.73. The molecule has 1 atom stereocenters. The van der Waals surface area contributed by atoms with E-state index in [-0.39, 0.29) is 16.7 Å². The minimum absolute atomic E-state index is 0.00249. The number of nitrogens with zero attached hydrogens (tertiary/aromatic N) is 3. The van der Waals surface area contributed by atoms with Crippen LogP contribution in [0.5, 0.6) is 0 Å². The number of nitro benzene ring substituents is 1. The van der Waals surface area contributed by atoms with Crippen LogP contribution in [-0.2, 0) is 13.1 Å². The molecule has 0 aliphatic carbocycles. The summed E-state index contributed by atoms with van der Waals surface area (Å²) >= 11 is 0. The second kappa shape index (κ2) is 7.60. The number of nitro groups is 1. The molecule has 0 saturated carbocycles. The van der Waals surface area contributed by atoms with E-state index in [2.05, 4.69) is 59.8 Å². The number of hydrogen-bond donors (Lipinski definition) is 0. The van der Waals surface area contributed by atoms with Gasteiger partial charge in [0.15, 0.2) is 0 Å². The van der Waals surface area contributed by atoms with Gasteiger partial charge < -0.3 is 4.57 Å². The summed E-state index contributed by atoms with van der Waals surface area (Å²) in [5.41, 5.74) is 6.24. The maximum absolute atomic E-state index is 11.3. The van der Waals surface area contributed by atoms with Crippen LogP contribution in [0.2, 0.25) is 0 Å². The molecule has 2 heterocycles. The van der Waals surface area contributed by atoms with Crippen molar-refractivity contribution in [2.45, 2.75) is 39.4 Å². The molecule has 144 valence electrons. The van der Waals surface area contributed by atoms with Crippen LogP contribution >= 0.6 is 0 Å². The van der Waals surface area contributed by atoms with Crippen molar-refractivity contribution in [3.05, 3.63) is 98.9 Å². The third-order valence-corrected chi connectivity index (χ3v) is 5.84. The zero-order chi connectivity index (χ0) is 19.7. The Morgan fingerprint density at radius 2 is 1.89 bits per heavy atom. The molecule has 1 aliphatic heterocycles. The largest absolute Gasteiger partial charge is 0.350 e. The zero-order valence-corrected chi connectivity index (χ0v) is 16.3. The Bertz CT molecular complexity index is 1010. The molecular formula is C23H25N3O2. The predicted octanol–water partition coefficient (Wildman–Crippen LogP) is 5.01. The van der Waals surface area contributed by atoms with E-state index in [0.29, 0.717) is 0 Å². The number of hydrogen-bond acceptors (Lipinski definition) is 3.